The first kappa shape index (κ1) is 26.7. The summed E-state index contributed by atoms with van der Waals surface area (Å²) in [6.07, 6.45) is 5.25. The molecule has 1 unspecified atom stereocenters. The van der Waals surface area contributed by atoms with Crippen LogP contribution in [-0.4, -0.2) is 41.2 Å². The number of piperidine rings is 1. The van der Waals surface area contributed by atoms with Gasteiger partial charge in [0.05, 0.1) is 27.4 Å². The van der Waals surface area contributed by atoms with Gasteiger partial charge in [0, 0.05) is 29.4 Å². The number of halogens is 1. The summed E-state index contributed by atoms with van der Waals surface area (Å²) in [6.45, 7) is 4.68. The highest BCUT2D eigenvalue weighted by atomic mass is 35.5. The van der Waals surface area contributed by atoms with Crippen molar-refractivity contribution in [2.45, 2.75) is 57.0 Å². The van der Waals surface area contributed by atoms with E-state index in [1.54, 1.807) is 27.5 Å². The first-order valence-electron chi connectivity index (χ1n) is 12.7. The number of benzene rings is 2. The van der Waals surface area contributed by atoms with Crippen LogP contribution in [0.2, 0.25) is 5.02 Å². The summed E-state index contributed by atoms with van der Waals surface area (Å²) < 4.78 is 29.3. The number of carbonyl (C=O) groups is 1. The highest BCUT2D eigenvalue weighted by Crippen LogP contribution is 2.35. The standard InChI is InChI=1S/C28H29ClN4O3S2/c1-3-22-9-5-7-17-33(22)38(35,36)23-12-10-20(11-13-23)27(34)32(18-21-8-4-6-16-30-21)28-31-26-19(2)24(29)14-15-25(26)37-28/h4,6,8,10-16,22H,3,5,7,9,17-18H2,1-2H3. The second kappa shape index (κ2) is 11.1. The van der Waals surface area contributed by atoms with Gasteiger partial charge in [-0.05, 0) is 80.3 Å². The topological polar surface area (TPSA) is 83.5 Å². The molecule has 2 aromatic carbocycles. The Kier molecular flexibility index (Phi) is 7.81. The number of thiazole rings is 1. The second-order valence-corrected chi connectivity index (χ2v) is 12.7. The molecule has 5 rings (SSSR count). The smallest absolute Gasteiger partial charge is 0.260 e. The van der Waals surface area contributed by atoms with Gasteiger partial charge in [-0.25, -0.2) is 13.4 Å². The predicted molar refractivity (Wildman–Crippen MR) is 152 cm³/mol. The normalized spacial score (nSPS) is 16.6. The van der Waals surface area contributed by atoms with Gasteiger partial charge in [0.25, 0.3) is 5.91 Å². The average molecular weight is 569 g/mol. The number of nitrogens with zero attached hydrogens (tertiary/aromatic N) is 4. The van der Waals surface area contributed by atoms with Crippen LogP contribution in [0.5, 0.6) is 0 Å². The molecule has 2 aromatic heterocycles. The van der Waals surface area contributed by atoms with Crippen LogP contribution in [-0.2, 0) is 16.6 Å². The lowest BCUT2D eigenvalue weighted by Crippen LogP contribution is -2.43. The summed E-state index contributed by atoms with van der Waals surface area (Å²) in [5.41, 5.74) is 2.70. The molecule has 0 radical (unpaired) electrons. The quantitative estimate of drug-likeness (QED) is 0.256. The van der Waals surface area contributed by atoms with Gasteiger partial charge in [0.1, 0.15) is 0 Å². The van der Waals surface area contributed by atoms with Crippen LogP contribution in [0.3, 0.4) is 0 Å². The molecule has 0 spiro atoms. The average Bonchev–Trinajstić information content (AvgIpc) is 3.39. The number of carbonyl (C=O) groups excluding carboxylic acids is 1. The van der Waals surface area contributed by atoms with E-state index < -0.39 is 10.0 Å². The molecule has 0 N–H and O–H groups in total. The molecular weight excluding hydrogens is 540 g/mol. The van der Waals surface area contributed by atoms with Crippen LogP contribution in [0, 0.1) is 6.92 Å². The van der Waals surface area contributed by atoms with Crippen molar-refractivity contribution in [1.82, 2.24) is 14.3 Å². The van der Waals surface area contributed by atoms with Gasteiger partial charge < -0.3 is 0 Å². The van der Waals surface area contributed by atoms with E-state index in [4.69, 9.17) is 16.6 Å². The molecule has 1 aliphatic rings. The number of rotatable bonds is 7. The van der Waals surface area contributed by atoms with Crippen molar-refractivity contribution in [1.29, 1.82) is 0 Å². The highest BCUT2D eigenvalue weighted by Gasteiger charge is 2.32. The van der Waals surface area contributed by atoms with Crippen molar-refractivity contribution in [2.75, 3.05) is 11.4 Å². The fraction of sp³-hybridized carbons (Fsp3) is 0.321. The number of anilines is 1. The third-order valence-corrected chi connectivity index (χ3v) is 10.4. The molecule has 4 aromatic rings. The van der Waals surface area contributed by atoms with Gasteiger partial charge in [0.15, 0.2) is 5.13 Å². The number of fused-ring (bicyclic) bond motifs is 1. The largest absolute Gasteiger partial charge is 0.278 e. The van der Waals surface area contributed by atoms with Gasteiger partial charge in [-0.1, -0.05) is 42.3 Å². The lowest BCUT2D eigenvalue weighted by molar-refractivity contribution is 0.0984. The lowest BCUT2D eigenvalue weighted by Gasteiger charge is -2.34. The Hall–Kier alpha value is -2.85. The molecular formula is C28H29ClN4O3S2. The van der Waals surface area contributed by atoms with Crippen LogP contribution in [0.25, 0.3) is 10.2 Å². The van der Waals surface area contributed by atoms with Gasteiger partial charge in [-0.2, -0.15) is 4.31 Å². The maximum absolute atomic E-state index is 13.8. The molecule has 1 atom stereocenters. The van der Waals surface area contributed by atoms with E-state index in [9.17, 15) is 13.2 Å². The summed E-state index contributed by atoms with van der Waals surface area (Å²) in [6, 6.07) is 15.5. The van der Waals surface area contributed by atoms with E-state index in [1.165, 1.54) is 23.5 Å². The Morgan fingerprint density at radius 3 is 2.63 bits per heavy atom. The van der Waals surface area contributed by atoms with Crippen molar-refractivity contribution in [3.05, 3.63) is 82.6 Å². The molecule has 1 aliphatic heterocycles. The minimum absolute atomic E-state index is 0.0138. The zero-order valence-electron chi connectivity index (χ0n) is 21.3. The molecule has 10 heteroatoms. The molecule has 0 aliphatic carbocycles. The fourth-order valence-electron chi connectivity index (χ4n) is 4.84. The number of sulfonamides is 1. The van der Waals surface area contributed by atoms with Crippen molar-refractivity contribution >= 4 is 54.2 Å². The molecule has 3 heterocycles. The van der Waals surface area contributed by atoms with Gasteiger partial charge in [-0.15, -0.1) is 0 Å². The third-order valence-electron chi connectivity index (χ3n) is 7.01. The first-order chi connectivity index (χ1) is 18.3. The number of amides is 1. The van der Waals surface area contributed by atoms with Crippen LogP contribution in [0.1, 0.15) is 54.2 Å². The zero-order valence-corrected chi connectivity index (χ0v) is 23.7. The fourth-order valence-corrected chi connectivity index (χ4v) is 7.79. The maximum atomic E-state index is 13.8. The predicted octanol–water partition coefficient (Wildman–Crippen LogP) is 6.45. The maximum Gasteiger partial charge on any atom is 0.260 e. The van der Waals surface area contributed by atoms with Crippen LogP contribution >= 0.6 is 22.9 Å². The van der Waals surface area contributed by atoms with E-state index >= 15 is 0 Å². The Labute approximate surface area is 232 Å². The van der Waals surface area contributed by atoms with Crippen molar-refractivity contribution < 1.29 is 13.2 Å². The Bertz CT molecular complexity index is 1560. The van der Waals surface area contributed by atoms with Crippen molar-refractivity contribution in [2.24, 2.45) is 0 Å². The molecule has 198 valence electrons. The number of pyridine rings is 1. The second-order valence-electron chi connectivity index (χ2n) is 9.43. The van der Waals surface area contributed by atoms with E-state index in [-0.39, 0.29) is 23.4 Å². The van der Waals surface area contributed by atoms with Gasteiger partial charge in [-0.3, -0.25) is 14.7 Å². The SMILES string of the molecule is CCC1CCCCN1S(=O)(=O)c1ccc(C(=O)N(Cc2ccccn2)c2nc3c(C)c(Cl)ccc3s2)cc1. The van der Waals surface area contributed by atoms with E-state index in [0.717, 1.165) is 41.5 Å². The Morgan fingerprint density at radius 1 is 1.13 bits per heavy atom. The minimum Gasteiger partial charge on any atom is -0.278 e. The minimum atomic E-state index is -3.64. The monoisotopic (exact) mass is 568 g/mol. The molecule has 1 saturated heterocycles. The third kappa shape index (κ3) is 5.20. The van der Waals surface area contributed by atoms with Crippen molar-refractivity contribution in [3.8, 4) is 0 Å². The summed E-state index contributed by atoms with van der Waals surface area (Å²) in [7, 11) is -3.64. The molecule has 38 heavy (non-hydrogen) atoms. The molecule has 0 saturated carbocycles. The number of hydrogen-bond acceptors (Lipinski definition) is 6. The van der Waals surface area contributed by atoms with E-state index in [0.29, 0.717) is 28.0 Å². The first-order valence-corrected chi connectivity index (χ1v) is 15.3. The van der Waals surface area contributed by atoms with Crippen LogP contribution in [0.15, 0.2) is 65.7 Å². The lowest BCUT2D eigenvalue weighted by atomic mass is 10.0. The van der Waals surface area contributed by atoms with E-state index in [2.05, 4.69) is 4.98 Å². The van der Waals surface area contributed by atoms with Gasteiger partial charge >= 0.3 is 0 Å². The molecule has 0 bridgehead atoms. The zero-order chi connectivity index (χ0) is 26.9. The Balaban J connectivity index is 1.48. The molecule has 1 fully saturated rings. The molecule has 7 nitrogen and oxygen atoms in total. The van der Waals surface area contributed by atoms with Gasteiger partial charge in [0.2, 0.25) is 10.0 Å². The van der Waals surface area contributed by atoms with Crippen LogP contribution in [0.4, 0.5) is 5.13 Å². The summed E-state index contributed by atoms with van der Waals surface area (Å²) in [5, 5.41) is 1.14. The number of aryl methyl sites for hydroxylation is 1. The number of aromatic nitrogens is 2. The summed E-state index contributed by atoms with van der Waals surface area (Å²) in [5.74, 6) is -0.285. The van der Waals surface area contributed by atoms with E-state index in [1.807, 2.05) is 44.2 Å². The van der Waals surface area contributed by atoms with Crippen molar-refractivity contribution in [3.63, 3.8) is 0 Å². The molecule has 1 amide bonds. The Morgan fingerprint density at radius 2 is 1.92 bits per heavy atom. The summed E-state index contributed by atoms with van der Waals surface area (Å²) >= 11 is 7.72. The summed E-state index contributed by atoms with van der Waals surface area (Å²) in [4.78, 5) is 24.8. The number of hydrogen-bond donors (Lipinski definition) is 0. The van der Waals surface area contributed by atoms with Crippen LogP contribution < -0.4 is 4.90 Å². The highest BCUT2D eigenvalue weighted by molar-refractivity contribution is 7.89.